The van der Waals surface area contributed by atoms with Crippen LogP contribution in [0.25, 0.3) is 0 Å². The van der Waals surface area contributed by atoms with E-state index < -0.39 is 5.82 Å². The van der Waals surface area contributed by atoms with Crippen LogP contribution < -0.4 is 16.0 Å². The molecule has 2 aromatic heterocycles. The average Bonchev–Trinajstić information content (AvgIpc) is 3.37. The number of aromatic nitrogens is 4. The van der Waals surface area contributed by atoms with Gasteiger partial charge in [-0.2, -0.15) is 9.37 Å². The highest BCUT2D eigenvalue weighted by Gasteiger charge is 2.33. The number of rotatable bonds is 7. The zero-order valence-corrected chi connectivity index (χ0v) is 16.5. The predicted octanol–water partition coefficient (Wildman–Crippen LogP) is 2.29. The van der Waals surface area contributed by atoms with Crippen LogP contribution in [0.5, 0.6) is 0 Å². The maximum Gasteiger partial charge on any atom is 0.223 e. The lowest BCUT2D eigenvalue weighted by Crippen LogP contribution is -2.26. The van der Waals surface area contributed by atoms with Crippen molar-refractivity contribution < 1.29 is 13.7 Å². The van der Waals surface area contributed by atoms with Crippen LogP contribution in [0.3, 0.4) is 0 Å². The fourth-order valence-electron chi connectivity index (χ4n) is 3.58. The van der Waals surface area contributed by atoms with Crippen molar-refractivity contribution in [2.75, 3.05) is 16.8 Å². The van der Waals surface area contributed by atoms with E-state index >= 15 is 4.39 Å². The summed E-state index contributed by atoms with van der Waals surface area (Å²) in [7, 11) is 0. The summed E-state index contributed by atoms with van der Waals surface area (Å²) in [6.45, 7) is 2.74. The summed E-state index contributed by atoms with van der Waals surface area (Å²) in [5.74, 6) is 0.450. The summed E-state index contributed by atoms with van der Waals surface area (Å²) >= 11 is 0. The van der Waals surface area contributed by atoms with E-state index in [1.54, 1.807) is 6.92 Å². The first-order valence-corrected chi connectivity index (χ1v) is 9.68. The summed E-state index contributed by atoms with van der Waals surface area (Å²) in [5.41, 5.74) is 6.96. The van der Waals surface area contributed by atoms with Gasteiger partial charge in [0.15, 0.2) is 17.5 Å². The number of hydrogen-bond acceptors (Lipinski definition) is 8. The summed E-state index contributed by atoms with van der Waals surface area (Å²) < 4.78 is 20.3. The molecule has 0 aliphatic carbocycles. The van der Waals surface area contributed by atoms with Gasteiger partial charge in [0, 0.05) is 20.0 Å². The van der Waals surface area contributed by atoms with E-state index in [1.807, 2.05) is 29.2 Å². The molecule has 1 aliphatic rings. The third-order valence-corrected chi connectivity index (χ3v) is 5.00. The van der Waals surface area contributed by atoms with Crippen LogP contribution in [0.1, 0.15) is 41.7 Å². The van der Waals surface area contributed by atoms with E-state index in [1.165, 1.54) is 6.33 Å². The molecule has 1 fully saturated rings. The van der Waals surface area contributed by atoms with Gasteiger partial charge in [0.2, 0.25) is 17.6 Å². The maximum absolute atomic E-state index is 15.2. The minimum atomic E-state index is -0.519. The molecule has 156 valence electrons. The van der Waals surface area contributed by atoms with Crippen molar-refractivity contribution in [3.63, 3.8) is 0 Å². The van der Waals surface area contributed by atoms with Gasteiger partial charge in [0.1, 0.15) is 6.33 Å². The molecule has 3 heterocycles. The molecule has 9 nitrogen and oxygen atoms in total. The second-order valence-electron chi connectivity index (χ2n) is 7.20. The molecular weight excluding hydrogens is 389 g/mol. The largest absolute Gasteiger partial charge is 0.369 e. The average molecular weight is 411 g/mol. The van der Waals surface area contributed by atoms with Crippen LogP contribution in [0.4, 0.5) is 16.0 Å². The molecule has 4 rings (SSSR count). The molecule has 3 N–H and O–H groups in total. The third kappa shape index (κ3) is 4.22. The molecule has 1 atom stereocenters. The number of aryl methyl sites for hydroxylation is 1. The fraction of sp³-hybridized carbons (Fsp3) is 0.350. The lowest BCUT2D eigenvalue weighted by molar-refractivity contribution is -0.117. The number of nitrogens with one attached hydrogen (secondary N) is 1. The molecule has 1 aromatic carbocycles. The van der Waals surface area contributed by atoms with Crippen molar-refractivity contribution in [1.29, 1.82) is 0 Å². The van der Waals surface area contributed by atoms with E-state index in [9.17, 15) is 4.79 Å². The first-order valence-electron chi connectivity index (χ1n) is 9.68. The van der Waals surface area contributed by atoms with Gasteiger partial charge >= 0.3 is 0 Å². The Morgan fingerprint density at radius 1 is 1.30 bits per heavy atom. The van der Waals surface area contributed by atoms with E-state index in [2.05, 4.69) is 25.4 Å². The van der Waals surface area contributed by atoms with Gasteiger partial charge < -0.3 is 20.5 Å². The van der Waals surface area contributed by atoms with E-state index in [0.717, 1.165) is 24.0 Å². The second kappa shape index (κ2) is 8.44. The minimum Gasteiger partial charge on any atom is -0.369 e. The molecular formula is C20H22FN7O2. The normalized spacial score (nSPS) is 16.1. The number of amides is 1. The number of nitrogens with zero attached hydrogens (tertiary/aromatic N) is 5. The van der Waals surface area contributed by atoms with Gasteiger partial charge in [0.25, 0.3) is 0 Å². The SMILES string of the molecule is Cc1nc(C2CCCN2c2ncnc(NCc3ccc(CC(N)=O)cc3)c2F)no1. The molecule has 1 aliphatic heterocycles. The molecule has 0 bridgehead atoms. The molecule has 3 aromatic rings. The van der Waals surface area contributed by atoms with Crippen molar-refractivity contribution in [3.8, 4) is 0 Å². The molecule has 10 heteroatoms. The molecule has 1 amide bonds. The molecule has 0 spiro atoms. The Labute approximate surface area is 172 Å². The van der Waals surface area contributed by atoms with Crippen molar-refractivity contribution in [1.82, 2.24) is 20.1 Å². The summed E-state index contributed by atoms with van der Waals surface area (Å²) in [5, 5.41) is 7.01. The lowest BCUT2D eigenvalue weighted by atomic mass is 10.1. The van der Waals surface area contributed by atoms with Crippen LogP contribution in [0.15, 0.2) is 35.1 Å². The van der Waals surface area contributed by atoms with Gasteiger partial charge in [-0.15, -0.1) is 0 Å². The monoisotopic (exact) mass is 411 g/mol. The summed E-state index contributed by atoms with van der Waals surface area (Å²) in [6, 6.07) is 7.19. The van der Waals surface area contributed by atoms with E-state index in [0.29, 0.717) is 24.8 Å². The number of benzene rings is 1. The van der Waals surface area contributed by atoms with Gasteiger partial charge in [0.05, 0.1) is 12.5 Å². The quantitative estimate of drug-likeness (QED) is 0.607. The van der Waals surface area contributed by atoms with Gasteiger partial charge in [-0.25, -0.2) is 9.97 Å². The Morgan fingerprint density at radius 2 is 2.07 bits per heavy atom. The fourth-order valence-corrected chi connectivity index (χ4v) is 3.58. The Morgan fingerprint density at radius 3 is 2.77 bits per heavy atom. The van der Waals surface area contributed by atoms with E-state index in [4.69, 9.17) is 10.3 Å². The van der Waals surface area contributed by atoms with Crippen LogP contribution in [0, 0.1) is 12.7 Å². The molecule has 0 saturated carbocycles. The topological polar surface area (TPSA) is 123 Å². The highest BCUT2D eigenvalue weighted by molar-refractivity contribution is 5.76. The zero-order valence-electron chi connectivity index (χ0n) is 16.5. The summed E-state index contributed by atoms with van der Waals surface area (Å²) in [6.07, 6.45) is 3.20. The Bertz CT molecular complexity index is 1040. The predicted molar refractivity (Wildman–Crippen MR) is 107 cm³/mol. The highest BCUT2D eigenvalue weighted by atomic mass is 19.1. The number of carbonyl (C=O) groups is 1. The number of anilines is 2. The second-order valence-corrected chi connectivity index (χ2v) is 7.20. The Hall–Kier alpha value is -3.56. The highest BCUT2D eigenvalue weighted by Crippen LogP contribution is 2.36. The smallest absolute Gasteiger partial charge is 0.223 e. The molecule has 0 radical (unpaired) electrons. The molecule has 1 unspecified atom stereocenters. The first kappa shape index (κ1) is 19.7. The van der Waals surface area contributed by atoms with Crippen LogP contribution in [-0.2, 0) is 17.8 Å². The van der Waals surface area contributed by atoms with Crippen molar-refractivity contribution in [2.24, 2.45) is 5.73 Å². The Kier molecular flexibility index (Phi) is 5.55. The van der Waals surface area contributed by atoms with E-state index in [-0.39, 0.29) is 30.0 Å². The number of nitrogens with two attached hydrogens (primary N) is 1. The molecule has 30 heavy (non-hydrogen) atoms. The number of carbonyl (C=O) groups excluding carboxylic acids is 1. The van der Waals surface area contributed by atoms with Crippen molar-refractivity contribution in [3.05, 3.63) is 59.3 Å². The molecule has 1 saturated heterocycles. The zero-order chi connectivity index (χ0) is 21.1. The van der Waals surface area contributed by atoms with Crippen LogP contribution in [0.2, 0.25) is 0 Å². The summed E-state index contributed by atoms with van der Waals surface area (Å²) in [4.78, 5) is 25.4. The number of primary amides is 1. The lowest BCUT2D eigenvalue weighted by Gasteiger charge is -2.24. The number of hydrogen-bond donors (Lipinski definition) is 2. The van der Waals surface area contributed by atoms with Crippen molar-refractivity contribution in [2.45, 2.75) is 38.8 Å². The van der Waals surface area contributed by atoms with Crippen molar-refractivity contribution >= 4 is 17.5 Å². The minimum absolute atomic E-state index is 0.121. The van der Waals surface area contributed by atoms with Crippen LogP contribution in [-0.4, -0.2) is 32.6 Å². The van der Waals surface area contributed by atoms with Gasteiger partial charge in [-0.3, -0.25) is 4.79 Å². The standard InChI is InChI=1S/C20H22FN7O2/c1-12-26-18(27-30-12)15-3-2-8-28(15)20-17(21)19(24-11-25-20)23-10-14-6-4-13(5-7-14)9-16(22)29/h4-7,11,15H,2-3,8-10H2,1H3,(H2,22,29)(H,23,24,25). The third-order valence-electron chi connectivity index (χ3n) is 5.00. The van der Waals surface area contributed by atoms with Gasteiger partial charge in [-0.05, 0) is 24.0 Å². The van der Waals surface area contributed by atoms with Gasteiger partial charge in [-0.1, -0.05) is 29.4 Å². The maximum atomic E-state index is 15.2. The first-order chi connectivity index (χ1) is 14.5. The Balaban J connectivity index is 1.48. The number of halogens is 1. The van der Waals surface area contributed by atoms with Crippen LogP contribution >= 0.6 is 0 Å².